The molecule has 0 atom stereocenters. The van der Waals surface area contributed by atoms with Crippen molar-refractivity contribution in [2.45, 2.75) is 39.5 Å². The van der Waals surface area contributed by atoms with Gasteiger partial charge < -0.3 is 15.2 Å². The number of aryl methyl sites for hydroxylation is 1. The highest BCUT2D eigenvalue weighted by molar-refractivity contribution is 7.14. The van der Waals surface area contributed by atoms with Gasteiger partial charge in [-0.05, 0) is 31.0 Å². The number of benzene rings is 1. The molecule has 0 unspecified atom stereocenters. The smallest absolute Gasteiger partial charge is 0.341 e. The van der Waals surface area contributed by atoms with E-state index >= 15 is 0 Å². The van der Waals surface area contributed by atoms with E-state index in [4.69, 9.17) is 9.84 Å². The van der Waals surface area contributed by atoms with E-state index in [2.05, 4.69) is 31.1 Å². The molecule has 1 aromatic heterocycles. The Kier molecular flexibility index (Phi) is 6.37. The largest absolute Gasteiger partial charge is 0.482 e. The summed E-state index contributed by atoms with van der Waals surface area (Å²) in [6, 6.07) is 7.17. The monoisotopic (exact) mass is 376 g/mol. The second-order valence-electron chi connectivity index (χ2n) is 7.02. The molecular weight excluding hydrogens is 352 g/mol. The number of carbonyl (C=O) groups is 2. The first-order valence-corrected chi connectivity index (χ1v) is 9.18. The summed E-state index contributed by atoms with van der Waals surface area (Å²) in [6.45, 7) is 8.25. The Bertz CT molecular complexity index is 776. The molecule has 1 heterocycles. The van der Waals surface area contributed by atoms with Gasteiger partial charge in [0.05, 0.1) is 10.7 Å². The maximum atomic E-state index is 12.4. The molecular formula is C19H24N2O4S. The third kappa shape index (κ3) is 5.56. The number of thiazole rings is 1. The van der Waals surface area contributed by atoms with Crippen LogP contribution in [0.4, 0.5) is 0 Å². The summed E-state index contributed by atoms with van der Waals surface area (Å²) in [4.78, 5) is 28.0. The maximum absolute atomic E-state index is 12.4. The van der Waals surface area contributed by atoms with Crippen molar-refractivity contribution in [3.63, 3.8) is 0 Å². The van der Waals surface area contributed by atoms with E-state index in [-0.39, 0.29) is 17.9 Å². The van der Waals surface area contributed by atoms with Gasteiger partial charge in [-0.3, -0.25) is 4.79 Å². The van der Waals surface area contributed by atoms with E-state index in [0.29, 0.717) is 23.6 Å². The molecule has 1 amide bonds. The summed E-state index contributed by atoms with van der Waals surface area (Å²) in [5.74, 6) is -0.600. The molecule has 0 saturated heterocycles. The first-order valence-electron chi connectivity index (χ1n) is 8.36. The van der Waals surface area contributed by atoms with E-state index in [1.807, 2.05) is 19.1 Å². The minimum absolute atomic E-state index is 0.0710. The van der Waals surface area contributed by atoms with Gasteiger partial charge in [-0.1, -0.05) is 32.9 Å². The lowest BCUT2D eigenvalue weighted by atomic mass is 9.98. The number of amides is 1. The minimum atomic E-state index is -1.01. The molecule has 2 N–H and O–H groups in total. The number of rotatable bonds is 7. The van der Waals surface area contributed by atoms with Crippen molar-refractivity contribution >= 4 is 23.2 Å². The van der Waals surface area contributed by atoms with E-state index < -0.39 is 5.97 Å². The van der Waals surface area contributed by atoms with Crippen molar-refractivity contribution in [3.05, 3.63) is 45.4 Å². The zero-order valence-corrected chi connectivity index (χ0v) is 16.3. The zero-order chi connectivity index (χ0) is 19.3. The summed E-state index contributed by atoms with van der Waals surface area (Å²) in [6.07, 6.45) is 0.676. The molecule has 0 radical (unpaired) electrons. The molecule has 7 heteroatoms. The van der Waals surface area contributed by atoms with Gasteiger partial charge in [0.15, 0.2) is 6.61 Å². The first kappa shape index (κ1) is 19.9. The predicted octanol–water partition coefficient (Wildman–Crippen LogP) is 3.18. The lowest BCUT2D eigenvalue weighted by Crippen LogP contribution is -2.25. The average Bonchev–Trinajstić information content (AvgIpc) is 2.96. The molecule has 1 aromatic carbocycles. The molecule has 0 saturated carbocycles. The van der Waals surface area contributed by atoms with E-state index in [9.17, 15) is 9.59 Å². The number of aliphatic carboxylic acids is 1. The van der Waals surface area contributed by atoms with Gasteiger partial charge in [-0.25, -0.2) is 9.78 Å². The number of carboxylic acid groups (broad SMARTS) is 1. The van der Waals surface area contributed by atoms with Crippen LogP contribution in [0.5, 0.6) is 5.75 Å². The number of hydrogen-bond donors (Lipinski definition) is 2. The van der Waals surface area contributed by atoms with Gasteiger partial charge in [0.25, 0.3) is 5.91 Å². The van der Waals surface area contributed by atoms with Gasteiger partial charge in [-0.15, -0.1) is 11.3 Å². The standard InChI is InChI=1S/C19H24N2O4S/c1-12-16(26-18(21-12)19(2,3)4)17(24)20-10-9-13-5-7-14(8-6-13)25-11-15(22)23/h5-8H,9-11H2,1-4H3,(H,20,24)(H,22,23). The fraction of sp³-hybridized carbons (Fsp3) is 0.421. The highest BCUT2D eigenvalue weighted by Gasteiger charge is 2.22. The molecule has 140 valence electrons. The Balaban J connectivity index is 1.87. The van der Waals surface area contributed by atoms with Crippen molar-refractivity contribution in [2.24, 2.45) is 0 Å². The maximum Gasteiger partial charge on any atom is 0.341 e. The molecule has 26 heavy (non-hydrogen) atoms. The molecule has 0 aliphatic carbocycles. The van der Waals surface area contributed by atoms with Crippen LogP contribution < -0.4 is 10.1 Å². The van der Waals surface area contributed by atoms with Crippen molar-refractivity contribution < 1.29 is 19.4 Å². The lowest BCUT2D eigenvalue weighted by Gasteiger charge is -2.13. The molecule has 0 aliphatic rings. The quantitative estimate of drug-likeness (QED) is 0.775. The molecule has 2 rings (SSSR count). The molecule has 0 bridgehead atoms. The lowest BCUT2D eigenvalue weighted by molar-refractivity contribution is -0.139. The van der Waals surface area contributed by atoms with Crippen molar-refractivity contribution in [3.8, 4) is 5.75 Å². The fourth-order valence-electron chi connectivity index (χ4n) is 2.23. The third-order valence-corrected chi connectivity index (χ3v) is 5.21. The Labute approximate surface area is 157 Å². The van der Waals surface area contributed by atoms with Crippen LogP contribution >= 0.6 is 11.3 Å². The van der Waals surface area contributed by atoms with Crippen LogP contribution in [0.2, 0.25) is 0 Å². The highest BCUT2D eigenvalue weighted by Crippen LogP contribution is 2.29. The van der Waals surface area contributed by atoms with Crippen LogP contribution in [0.1, 0.15) is 46.7 Å². The van der Waals surface area contributed by atoms with E-state index in [1.165, 1.54) is 11.3 Å². The van der Waals surface area contributed by atoms with E-state index in [1.54, 1.807) is 12.1 Å². The van der Waals surface area contributed by atoms with Gasteiger partial charge >= 0.3 is 5.97 Å². The van der Waals surface area contributed by atoms with Crippen LogP contribution in [-0.4, -0.2) is 35.1 Å². The summed E-state index contributed by atoms with van der Waals surface area (Å²) in [7, 11) is 0. The Morgan fingerprint density at radius 1 is 1.23 bits per heavy atom. The summed E-state index contributed by atoms with van der Waals surface area (Å²) < 4.78 is 5.09. The minimum Gasteiger partial charge on any atom is -0.482 e. The molecule has 2 aromatic rings. The highest BCUT2D eigenvalue weighted by atomic mass is 32.1. The summed E-state index contributed by atoms with van der Waals surface area (Å²) in [5, 5.41) is 12.5. The SMILES string of the molecule is Cc1nc(C(C)(C)C)sc1C(=O)NCCc1ccc(OCC(=O)O)cc1. The van der Waals surface area contributed by atoms with Gasteiger partial charge in [-0.2, -0.15) is 0 Å². The molecule has 6 nitrogen and oxygen atoms in total. The van der Waals surface area contributed by atoms with Crippen LogP contribution in [0.15, 0.2) is 24.3 Å². The van der Waals surface area contributed by atoms with E-state index in [0.717, 1.165) is 16.3 Å². The number of carboxylic acids is 1. The normalized spacial score (nSPS) is 11.2. The van der Waals surface area contributed by atoms with Gasteiger partial charge in [0.2, 0.25) is 0 Å². The Morgan fingerprint density at radius 2 is 1.88 bits per heavy atom. The number of nitrogens with zero attached hydrogens (tertiary/aromatic N) is 1. The summed E-state index contributed by atoms with van der Waals surface area (Å²) >= 11 is 1.44. The molecule has 0 spiro atoms. The second-order valence-corrected chi connectivity index (χ2v) is 8.01. The number of carbonyl (C=O) groups excluding carboxylic acids is 1. The fourth-order valence-corrected chi connectivity index (χ4v) is 3.27. The number of nitrogens with one attached hydrogen (secondary N) is 1. The van der Waals surface area contributed by atoms with Crippen molar-refractivity contribution in [1.82, 2.24) is 10.3 Å². The number of ether oxygens (including phenoxy) is 1. The molecule has 0 fully saturated rings. The van der Waals surface area contributed by atoms with Crippen LogP contribution in [0, 0.1) is 6.92 Å². The van der Waals surface area contributed by atoms with Crippen LogP contribution in [0.3, 0.4) is 0 Å². The van der Waals surface area contributed by atoms with Gasteiger partial charge in [0, 0.05) is 12.0 Å². The first-order chi connectivity index (χ1) is 12.2. The topological polar surface area (TPSA) is 88.5 Å². The van der Waals surface area contributed by atoms with Gasteiger partial charge in [0.1, 0.15) is 10.6 Å². The molecule has 0 aliphatic heterocycles. The van der Waals surface area contributed by atoms with Crippen LogP contribution in [-0.2, 0) is 16.6 Å². The average molecular weight is 376 g/mol. The Morgan fingerprint density at radius 3 is 2.42 bits per heavy atom. The summed E-state index contributed by atoms with van der Waals surface area (Å²) in [5.41, 5.74) is 1.72. The van der Waals surface area contributed by atoms with Crippen molar-refractivity contribution in [2.75, 3.05) is 13.2 Å². The Hall–Kier alpha value is -2.41. The predicted molar refractivity (Wildman–Crippen MR) is 101 cm³/mol. The number of aromatic nitrogens is 1. The zero-order valence-electron chi connectivity index (χ0n) is 15.5. The second kappa shape index (κ2) is 8.31. The van der Waals surface area contributed by atoms with Crippen molar-refractivity contribution in [1.29, 1.82) is 0 Å². The number of hydrogen-bond acceptors (Lipinski definition) is 5. The third-order valence-electron chi connectivity index (χ3n) is 3.63. The van der Waals surface area contributed by atoms with Crippen LogP contribution in [0.25, 0.3) is 0 Å².